The summed E-state index contributed by atoms with van der Waals surface area (Å²) < 4.78 is 27.6. The Morgan fingerprint density at radius 1 is 1.30 bits per heavy atom. The molecule has 0 spiro atoms. The van der Waals surface area contributed by atoms with Gasteiger partial charge in [-0.15, -0.1) is 0 Å². The zero-order valence-electron chi connectivity index (χ0n) is 11.6. The van der Waals surface area contributed by atoms with Crippen molar-refractivity contribution in [1.29, 1.82) is 5.26 Å². The molecule has 2 rings (SSSR count). The Kier molecular flexibility index (Phi) is 4.91. The van der Waals surface area contributed by atoms with E-state index in [-0.39, 0.29) is 17.3 Å². The molecule has 1 N–H and O–H groups in total. The van der Waals surface area contributed by atoms with Crippen LogP contribution >= 0.6 is 0 Å². The molecule has 1 aromatic rings. The van der Waals surface area contributed by atoms with Crippen molar-refractivity contribution in [3.05, 3.63) is 29.3 Å². The molecule has 1 aliphatic rings. The minimum Gasteiger partial charge on any atom is -0.377 e. The van der Waals surface area contributed by atoms with Crippen LogP contribution in [0.15, 0.2) is 12.1 Å². The maximum absolute atomic E-state index is 13.8. The quantitative estimate of drug-likeness (QED) is 0.920. The van der Waals surface area contributed by atoms with E-state index < -0.39 is 11.6 Å². The zero-order valence-corrected chi connectivity index (χ0v) is 11.6. The van der Waals surface area contributed by atoms with E-state index in [9.17, 15) is 8.78 Å². The van der Waals surface area contributed by atoms with Crippen LogP contribution in [0.4, 0.5) is 14.5 Å². The highest BCUT2D eigenvalue weighted by Crippen LogP contribution is 2.24. The highest BCUT2D eigenvalue weighted by Gasteiger charge is 2.21. The average Bonchev–Trinajstić information content (AvgIpc) is 2.44. The molecule has 1 aromatic carbocycles. The third kappa shape index (κ3) is 3.45. The van der Waals surface area contributed by atoms with Gasteiger partial charge in [0.1, 0.15) is 5.69 Å². The van der Waals surface area contributed by atoms with Gasteiger partial charge in [-0.2, -0.15) is 5.26 Å². The lowest BCUT2D eigenvalue weighted by molar-refractivity contribution is 0.219. The van der Waals surface area contributed by atoms with Gasteiger partial charge in [-0.3, -0.25) is 0 Å². The second-order valence-electron chi connectivity index (χ2n) is 5.19. The molecule has 0 amide bonds. The summed E-state index contributed by atoms with van der Waals surface area (Å²) in [6.45, 7) is 5.12. The SMILES string of the molecule is CCCN1CCC(Nc2c(F)cc(C#N)cc2F)CC1. The van der Waals surface area contributed by atoms with Crippen molar-refractivity contribution in [2.24, 2.45) is 0 Å². The highest BCUT2D eigenvalue weighted by atomic mass is 19.1. The molecule has 108 valence electrons. The number of piperidine rings is 1. The van der Waals surface area contributed by atoms with Crippen LogP contribution in [-0.2, 0) is 0 Å². The Bertz CT molecular complexity index is 479. The normalized spacial score (nSPS) is 16.9. The first-order chi connectivity index (χ1) is 9.63. The molecular weight excluding hydrogens is 260 g/mol. The van der Waals surface area contributed by atoms with Crippen molar-refractivity contribution in [2.45, 2.75) is 32.2 Å². The van der Waals surface area contributed by atoms with Crippen LogP contribution in [0.3, 0.4) is 0 Å². The maximum atomic E-state index is 13.8. The average molecular weight is 279 g/mol. The number of nitriles is 1. The minimum absolute atomic E-state index is 0.00307. The van der Waals surface area contributed by atoms with Crippen LogP contribution in [-0.4, -0.2) is 30.6 Å². The van der Waals surface area contributed by atoms with E-state index in [1.165, 1.54) is 0 Å². The lowest BCUT2D eigenvalue weighted by atomic mass is 10.0. The summed E-state index contributed by atoms with van der Waals surface area (Å²) in [5, 5.41) is 11.6. The van der Waals surface area contributed by atoms with E-state index in [1.54, 1.807) is 6.07 Å². The van der Waals surface area contributed by atoms with E-state index in [1.807, 2.05) is 0 Å². The molecule has 0 unspecified atom stereocenters. The van der Waals surface area contributed by atoms with Gasteiger partial charge < -0.3 is 10.2 Å². The van der Waals surface area contributed by atoms with Crippen molar-refractivity contribution >= 4 is 5.69 Å². The molecule has 1 fully saturated rings. The van der Waals surface area contributed by atoms with Crippen molar-refractivity contribution in [3.8, 4) is 6.07 Å². The number of rotatable bonds is 4. The van der Waals surface area contributed by atoms with Gasteiger partial charge in [0.2, 0.25) is 0 Å². The predicted molar refractivity (Wildman–Crippen MR) is 74.4 cm³/mol. The summed E-state index contributed by atoms with van der Waals surface area (Å²) in [7, 11) is 0. The van der Waals surface area contributed by atoms with E-state index in [2.05, 4.69) is 17.1 Å². The first-order valence-corrected chi connectivity index (χ1v) is 7.02. The molecule has 0 radical (unpaired) electrons. The van der Waals surface area contributed by atoms with E-state index in [0.717, 1.165) is 51.0 Å². The van der Waals surface area contributed by atoms with Crippen molar-refractivity contribution in [3.63, 3.8) is 0 Å². The Hall–Kier alpha value is -1.67. The molecule has 1 saturated heterocycles. The molecule has 0 aliphatic carbocycles. The summed E-state index contributed by atoms with van der Waals surface area (Å²) >= 11 is 0. The third-order valence-electron chi connectivity index (χ3n) is 3.65. The Balaban J connectivity index is 2.00. The van der Waals surface area contributed by atoms with E-state index >= 15 is 0 Å². The van der Waals surface area contributed by atoms with Gasteiger partial charge in [-0.25, -0.2) is 8.78 Å². The molecule has 3 nitrogen and oxygen atoms in total. The monoisotopic (exact) mass is 279 g/mol. The van der Waals surface area contributed by atoms with E-state index in [4.69, 9.17) is 5.26 Å². The first-order valence-electron chi connectivity index (χ1n) is 7.02. The number of hydrogen-bond donors (Lipinski definition) is 1. The topological polar surface area (TPSA) is 39.1 Å². The molecule has 1 aliphatic heterocycles. The largest absolute Gasteiger partial charge is 0.377 e. The van der Waals surface area contributed by atoms with Crippen LogP contribution in [0.25, 0.3) is 0 Å². The van der Waals surface area contributed by atoms with Gasteiger partial charge in [-0.05, 0) is 37.9 Å². The van der Waals surface area contributed by atoms with Gasteiger partial charge in [0.25, 0.3) is 0 Å². The summed E-state index contributed by atoms with van der Waals surface area (Å²) in [6.07, 6.45) is 2.87. The molecule has 20 heavy (non-hydrogen) atoms. The van der Waals surface area contributed by atoms with Crippen LogP contribution < -0.4 is 5.32 Å². The molecular formula is C15H19F2N3. The van der Waals surface area contributed by atoms with Crippen molar-refractivity contribution in [1.82, 2.24) is 4.90 Å². The summed E-state index contributed by atoms with van der Waals surface area (Å²) in [4.78, 5) is 2.36. The first kappa shape index (κ1) is 14.7. The van der Waals surface area contributed by atoms with Crippen molar-refractivity contribution < 1.29 is 8.78 Å². The number of halogens is 2. The van der Waals surface area contributed by atoms with E-state index in [0.29, 0.717) is 0 Å². The van der Waals surface area contributed by atoms with Crippen LogP contribution in [0.1, 0.15) is 31.7 Å². The Morgan fingerprint density at radius 3 is 2.40 bits per heavy atom. The van der Waals surface area contributed by atoms with Crippen molar-refractivity contribution in [2.75, 3.05) is 25.0 Å². The maximum Gasteiger partial charge on any atom is 0.150 e. The van der Waals surface area contributed by atoms with Gasteiger partial charge in [0, 0.05) is 19.1 Å². The molecule has 5 heteroatoms. The Labute approximate surface area is 118 Å². The fourth-order valence-electron chi connectivity index (χ4n) is 2.60. The minimum atomic E-state index is -0.697. The molecule has 0 bridgehead atoms. The number of hydrogen-bond acceptors (Lipinski definition) is 3. The third-order valence-corrected chi connectivity index (χ3v) is 3.65. The lowest BCUT2D eigenvalue weighted by Crippen LogP contribution is -2.39. The summed E-state index contributed by atoms with van der Waals surface area (Å²) in [6, 6.07) is 3.96. The lowest BCUT2D eigenvalue weighted by Gasteiger charge is -2.32. The number of anilines is 1. The number of nitrogens with zero attached hydrogens (tertiary/aromatic N) is 2. The van der Waals surface area contributed by atoms with Gasteiger partial charge >= 0.3 is 0 Å². The van der Waals surface area contributed by atoms with Crippen LogP contribution in [0.5, 0.6) is 0 Å². The smallest absolute Gasteiger partial charge is 0.150 e. The fraction of sp³-hybridized carbons (Fsp3) is 0.533. The van der Waals surface area contributed by atoms with Crippen LogP contribution in [0, 0.1) is 23.0 Å². The second-order valence-corrected chi connectivity index (χ2v) is 5.19. The zero-order chi connectivity index (χ0) is 14.5. The van der Waals surface area contributed by atoms with Crippen LogP contribution in [0.2, 0.25) is 0 Å². The fourth-order valence-corrected chi connectivity index (χ4v) is 2.60. The van der Waals surface area contributed by atoms with Gasteiger partial charge in [0.05, 0.1) is 11.6 Å². The molecule has 0 atom stereocenters. The van der Waals surface area contributed by atoms with Gasteiger partial charge in [0.15, 0.2) is 11.6 Å². The second kappa shape index (κ2) is 6.67. The summed E-state index contributed by atoms with van der Waals surface area (Å²) in [5.74, 6) is -1.39. The molecule has 0 aromatic heterocycles. The summed E-state index contributed by atoms with van der Waals surface area (Å²) in [5.41, 5.74) is -0.110. The molecule has 1 heterocycles. The Morgan fingerprint density at radius 2 is 1.90 bits per heavy atom. The number of likely N-dealkylation sites (tertiary alicyclic amines) is 1. The highest BCUT2D eigenvalue weighted by molar-refractivity contribution is 5.51. The molecule has 0 saturated carbocycles. The number of nitrogens with one attached hydrogen (secondary N) is 1. The number of benzene rings is 1. The predicted octanol–water partition coefficient (Wildman–Crippen LogP) is 3.12. The standard InChI is InChI=1S/C15H19F2N3/c1-2-5-20-6-3-12(4-7-20)19-15-13(16)8-11(10-18)9-14(15)17/h8-9,12,19H,2-7H2,1H3. The van der Waals surface area contributed by atoms with Gasteiger partial charge in [-0.1, -0.05) is 6.92 Å².